The molecule has 0 aliphatic carbocycles. The zero-order valence-electron chi connectivity index (χ0n) is 12.6. The molecule has 0 radical (unpaired) electrons. The van der Waals surface area contributed by atoms with Crippen LogP contribution >= 0.6 is 0 Å². The summed E-state index contributed by atoms with van der Waals surface area (Å²) in [6.45, 7) is 4.14. The van der Waals surface area contributed by atoms with Crippen LogP contribution < -0.4 is 4.90 Å². The van der Waals surface area contributed by atoms with E-state index in [1.807, 2.05) is 6.07 Å². The Balaban J connectivity index is 1.60. The van der Waals surface area contributed by atoms with Gasteiger partial charge in [-0.05, 0) is 18.2 Å². The molecule has 2 N–H and O–H groups in total. The molecule has 0 atom stereocenters. The highest BCUT2D eigenvalue weighted by molar-refractivity contribution is 5.80. The number of oxime groups is 1. The van der Waals surface area contributed by atoms with Gasteiger partial charge in [0.2, 0.25) is 5.95 Å². The second-order valence-corrected chi connectivity index (χ2v) is 5.26. The monoisotopic (exact) mass is 314 g/mol. The predicted octanol–water partition coefficient (Wildman–Crippen LogP) is 0.707. The third-order valence-corrected chi connectivity index (χ3v) is 3.73. The lowest BCUT2D eigenvalue weighted by molar-refractivity contribution is 0.246. The highest BCUT2D eigenvalue weighted by Gasteiger charge is 2.19. The quantitative estimate of drug-likeness (QED) is 0.487. The molecule has 0 saturated carbocycles. The van der Waals surface area contributed by atoms with E-state index in [9.17, 15) is 5.11 Å². The summed E-state index contributed by atoms with van der Waals surface area (Å²) >= 11 is 0. The first-order valence-electron chi connectivity index (χ1n) is 7.37. The Bertz CT molecular complexity index is 671. The Hall–Kier alpha value is -2.74. The lowest BCUT2D eigenvalue weighted by Crippen LogP contribution is -2.46. The maximum Gasteiger partial charge on any atom is 0.225 e. The predicted molar refractivity (Wildman–Crippen MR) is 84.8 cm³/mol. The van der Waals surface area contributed by atoms with E-state index in [1.54, 1.807) is 24.5 Å². The molecule has 8 nitrogen and oxygen atoms in total. The van der Waals surface area contributed by atoms with Gasteiger partial charge in [-0.2, -0.15) is 0 Å². The van der Waals surface area contributed by atoms with Crippen molar-refractivity contribution in [2.75, 3.05) is 31.1 Å². The SMILES string of the molecule is O/N=C/c1nc(CN2CCN(c3ncccn3)CC2)ccc1O. The number of hydrogen-bond acceptors (Lipinski definition) is 8. The van der Waals surface area contributed by atoms with Crippen LogP contribution in [0.1, 0.15) is 11.4 Å². The first kappa shape index (κ1) is 15.2. The van der Waals surface area contributed by atoms with Crippen molar-refractivity contribution in [3.8, 4) is 5.75 Å². The lowest BCUT2D eigenvalue weighted by atomic mass is 10.2. The minimum atomic E-state index is -0.00223. The number of piperazine rings is 1. The van der Waals surface area contributed by atoms with Crippen LogP contribution in [0.15, 0.2) is 35.7 Å². The van der Waals surface area contributed by atoms with Crippen molar-refractivity contribution in [1.29, 1.82) is 0 Å². The van der Waals surface area contributed by atoms with Crippen LogP contribution in [-0.2, 0) is 6.54 Å². The number of anilines is 1. The van der Waals surface area contributed by atoms with Crippen LogP contribution in [0.5, 0.6) is 5.75 Å². The van der Waals surface area contributed by atoms with Crippen LogP contribution in [-0.4, -0.2) is 62.6 Å². The molecule has 1 aliphatic heterocycles. The third-order valence-electron chi connectivity index (χ3n) is 3.73. The molecular weight excluding hydrogens is 296 g/mol. The molecule has 23 heavy (non-hydrogen) atoms. The molecular formula is C15H18N6O2. The highest BCUT2D eigenvalue weighted by Crippen LogP contribution is 2.16. The van der Waals surface area contributed by atoms with Crippen LogP contribution in [0.2, 0.25) is 0 Å². The molecule has 0 unspecified atom stereocenters. The van der Waals surface area contributed by atoms with Gasteiger partial charge in [0.05, 0.1) is 11.9 Å². The molecule has 1 aliphatic rings. The minimum absolute atomic E-state index is 0.00223. The summed E-state index contributed by atoms with van der Waals surface area (Å²) in [5, 5.41) is 21.1. The molecule has 3 rings (SSSR count). The number of pyridine rings is 1. The molecule has 0 amide bonds. The van der Waals surface area contributed by atoms with E-state index in [0.717, 1.165) is 44.0 Å². The molecule has 8 heteroatoms. The van der Waals surface area contributed by atoms with Gasteiger partial charge in [0.1, 0.15) is 11.4 Å². The fraction of sp³-hybridized carbons (Fsp3) is 0.333. The Morgan fingerprint density at radius 2 is 1.87 bits per heavy atom. The van der Waals surface area contributed by atoms with Gasteiger partial charge in [0.15, 0.2) is 0 Å². The first-order valence-corrected chi connectivity index (χ1v) is 7.37. The molecule has 1 fully saturated rings. The smallest absolute Gasteiger partial charge is 0.225 e. The summed E-state index contributed by atoms with van der Waals surface area (Å²) in [5.74, 6) is 0.758. The lowest BCUT2D eigenvalue weighted by Gasteiger charge is -2.34. The van der Waals surface area contributed by atoms with Crippen molar-refractivity contribution in [1.82, 2.24) is 19.9 Å². The van der Waals surface area contributed by atoms with Crippen LogP contribution in [0.25, 0.3) is 0 Å². The molecule has 1 saturated heterocycles. The van der Waals surface area contributed by atoms with Gasteiger partial charge in [0.25, 0.3) is 0 Å². The van der Waals surface area contributed by atoms with Gasteiger partial charge in [-0.15, -0.1) is 0 Å². The Morgan fingerprint density at radius 1 is 1.13 bits per heavy atom. The molecule has 3 heterocycles. The van der Waals surface area contributed by atoms with Gasteiger partial charge >= 0.3 is 0 Å². The topological polar surface area (TPSA) is 98.0 Å². The standard InChI is InChI=1S/C15H18N6O2/c22-14-3-2-12(19-13(14)10-18-23)11-20-6-8-21(9-7-20)15-16-4-1-5-17-15/h1-5,10,22-23H,6-9,11H2/b18-10+. The molecule has 120 valence electrons. The summed E-state index contributed by atoms with van der Waals surface area (Å²) in [5.41, 5.74) is 1.09. The van der Waals surface area contributed by atoms with Crippen molar-refractivity contribution in [3.05, 3.63) is 42.0 Å². The summed E-state index contributed by atoms with van der Waals surface area (Å²) in [6.07, 6.45) is 4.63. The zero-order chi connectivity index (χ0) is 16.1. The molecule has 0 spiro atoms. The summed E-state index contributed by atoms with van der Waals surface area (Å²) < 4.78 is 0. The molecule has 0 aromatic carbocycles. The second-order valence-electron chi connectivity index (χ2n) is 5.26. The number of rotatable bonds is 4. The average molecular weight is 314 g/mol. The van der Waals surface area contributed by atoms with E-state index in [1.165, 1.54) is 0 Å². The van der Waals surface area contributed by atoms with Crippen molar-refractivity contribution in [2.45, 2.75) is 6.54 Å². The van der Waals surface area contributed by atoms with Crippen LogP contribution in [0.3, 0.4) is 0 Å². The van der Waals surface area contributed by atoms with E-state index < -0.39 is 0 Å². The maximum absolute atomic E-state index is 9.63. The minimum Gasteiger partial charge on any atom is -0.506 e. The largest absolute Gasteiger partial charge is 0.506 e. The molecule has 2 aromatic rings. The van der Waals surface area contributed by atoms with Crippen LogP contribution in [0, 0.1) is 0 Å². The fourth-order valence-electron chi connectivity index (χ4n) is 2.54. The van der Waals surface area contributed by atoms with Gasteiger partial charge < -0.3 is 15.2 Å². The Kier molecular flexibility index (Phi) is 4.62. The maximum atomic E-state index is 9.63. The van der Waals surface area contributed by atoms with Gasteiger partial charge in [-0.25, -0.2) is 15.0 Å². The number of hydrogen-bond donors (Lipinski definition) is 2. The fourth-order valence-corrected chi connectivity index (χ4v) is 2.54. The van der Waals surface area contributed by atoms with Crippen molar-refractivity contribution in [3.63, 3.8) is 0 Å². The first-order chi connectivity index (χ1) is 11.3. The van der Waals surface area contributed by atoms with Gasteiger partial charge in [-0.3, -0.25) is 4.90 Å². The number of nitrogens with zero attached hydrogens (tertiary/aromatic N) is 6. The molecule has 2 aromatic heterocycles. The third kappa shape index (κ3) is 3.72. The van der Waals surface area contributed by atoms with E-state index in [2.05, 4.69) is 29.9 Å². The normalized spacial score (nSPS) is 16.1. The second kappa shape index (κ2) is 7.01. The van der Waals surface area contributed by atoms with E-state index in [4.69, 9.17) is 5.21 Å². The van der Waals surface area contributed by atoms with Crippen molar-refractivity contribution >= 4 is 12.2 Å². The highest BCUT2D eigenvalue weighted by atomic mass is 16.4. The number of aromatic nitrogens is 3. The van der Waals surface area contributed by atoms with E-state index in [-0.39, 0.29) is 11.4 Å². The van der Waals surface area contributed by atoms with E-state index >= 15 is 0 Å². The average Bonchev–Trinajstić information content (AvgIpc) is 2.60. The summed E-state index contributed by atoms with van der Waals surface area (Å²) in [4.78, 5) is 17.3. The zero-order valence-corrected chi connectivity index (χ0v) is 12.6. The summed E-state index contributed by atoms with van der Waals surface area (Å²) in [6, 6.07) is 5.15. The van der Waals surface area contributed by atoms with E-state index in [0.29, 0.717) is 6.54 Å². The van der Waals surface area contributed by atoms with Crippen molar-refractivity contribution < 1.29 is 10.3 Å². The number of aromatic hydroxyl groups is 1. The van der Waals surface area contributed by atoms with Gasteiger partial charge in [-0.1, -0.05) is 5.16 Å². The Morgan fingerprint density at radius 3 is 2.57 bits per heavy atom. The Labute approximate surface area is 133 Å². The van der Waals surface area contributed by atoms with Crippen molar-refractivity contribution in [2.24, 2.45) is 5.16 Å². The molecule has 0 bridgehead atoms. The van der Waals surface area contributed by atoms with Crippen LogP contribution in [0.4, 0.5) is 5.95 Å². The van der Waals surface area contributed by atoms with Gasteiger partial charge in [0, 0.05) is 45.1 Å². The summed E-state index contributed by atoms with van der Waals surface area (Å²) in [7, 11) is 0.